The molecule has 3 rings (SSSR count). The van der Waals surface area contributed by atoms with E-state index < -0.39 is 0 Å². The molecule has 8 heteroatoms. The maximum atomic E-state index is 5.96. The van der Waals surface area contributed by atoms with Crippen LogP contribution in [0, 0.1) is 6.92 Å². The van der Waals surface area contributed by atoms with E-state index in [1.807, 2.05) is 26.1 Å². The molecule has 0 amide bonds. The molecule has 7 nitrogen and oxygen atoms in total. The van der Waals surface area contributed by atoms with Gasteiger partial charge in [0, 0.05) is 25.7 Å². The molecule has 0 spiro atoms. The smallest absolute Gasteiger partial charge is 0.222 e. The van der Waals surface area contributed by atoms with Gasteiger partial charge in [-0.15, -0.1) is 10.2 Å². The molecule has 0 radical (unpaired) electrons. The van der Waals surface area contributed by atoms with Gasteiger partial charge in [-0.3, -0.25) is 4.98 Å². The lowest BCUT2D eigenvalue weighted by Crippen LogP contribution is -2.02. The van der Waals surface area contributed by atoms with Crippen LogP contribution in [0.3, 0.4) is 0 Å². The van der Waals surface area contributed by atoms with Crippen LogP contribution in [0.15, 0.2) is 24.5 Å². The SMILES string of the molecule is Cc1nn(C)c(Oc2cccnc2)c1CNc1nnc(C(C)C)s1. The maximum absolute atomic E-state index is 5.96. The minimum atomic E-state index is 0.377. The van der Waals surface area contributed by atoms with Gasteiger partial charge in [0.05, 0.1) is 17.5 Å². The number of pyridine rings is 1. The molecule has 0 unspecified atom stereocenters. The molecular formula is C16H20N6OS. The van der Waals surface area contributed by atoms with Crippen molar-refractivity contribution in [2.24, 2.45) is 7.05 Å². The maximum Gasteiger partial charge on any atom is 0.222 e. The molecule has 24 heavy (non-hydrogen) atoms. The Morgan fingerprint density at radius 3 is 2.83 bits per heavy atom. The normalized spacial score (nSPS) is 11.0. The van der Waals surface area contributed by atoms with Gasteiger partial charge < -0.3 is 10.1 Å². The number of rotatable bonds is 6. The number of nitrogens with one attached hydrogen (secondary N) is 1. The van der Waals surface area contributed by atoms with Crippen LogP contribution in [-0.4, -0.2) is 25.0 Å². The second-order valence-corrected chi connectivity index (χ2v) is 6.75. The van der Waals surface area contributed by atoms with Gasteiger partial charge in [-0.2, -0.15) is 5.10 Å². The Morgan fingerprint density at radius 2 is 2.17 bits per heavy atom. The number of aryl methyl sites for hydroxylation is 2. The zero-order valence-electron chi connectivity index (χ0n) is 14.1. The van der Waals surface area contributed by atoms with E-state index in [1.54, 1.807) is 28.4 Å². The van der Waals surface area contributed by atoms with Crippen molar-refractivity contribution in [3.8, 4) is 11.6 Å². The predicted molar refractivity (Wildman–Crippen MR) is 93.6 cm³/mol. The molecule has 3 heterocycles. The molecule has 0 saturated carbocycles. The summed E-state index contributed by atoms with van der Waals surface area (Å²) in [5.74, 6) is 1.75. The topological polar surface area (TPSA) is 77.8 Å². The lowest BCUT2D eigenvalue weighted by molar-refractivity contribution is 0.425. The highest BCUT2D eigenvalue weighted by Crippen LogP contribution is 2.28. The Morgan fingerprint density at radius 1 is 1.33 bits per heavy atom. The fourth-order valence-corrected chi connectivity index (χ4v) is 2.98. The Kier molecular flexibility index (Phi) is 4.75. The van der Waals surface area contributed by atoms with E-state index >= 15 is 0 Å². The minimum absolute atomic E-state index is 0.377. The average molecular weight is 344 g/mol. The first-order valence-corrected chi connectivity index (χ1v) is 8.54. The summed E-state index contributed by atoms with van der Waals surface area (Å²) in [6.45, 7) is 6.75. The number of aromatic nitrogens is 5. The van der Waals surface area contributed by atoms with Crippen LogP contribution in [0.25, 0.3) is 0 Å². The van der Waals surface area contributed by atoms with Crippen molar-refractivity contribution in [1.29, 1.82) is 0 Å². The number of ether oxygens (including phenoxy) is 1. The van der Waals surface area contributed by atoms with Crippen LogP contribution in [0.4, 0.5) is 5.13 Å². The van der Waals surface area contributed by atoms with Crippen molar-refractivity contribution in [1.82, 2.24) is 25.0 Å². The van der Waals surface area contributed by atoms with Crippen LogP contribution >= 0.6 is 11.3 Å². The third kappa shape index (κ3) is 3.53. The first-order valence-electron chi connectivity index (χ1n) is 7.72. The van der Waals surface area contributed by atoms with Gasteiger partial charge in [-0.05, 0) is 19.1 Å². The standard InChI is InChI=1S/C16H20N6OS/c1-10(2)14-19-20-16(24-14)18-9-13-11(3)21-22(4)15(13)23-12-6-5-7-17-8-12/h5-8,10H,9H2,1-4H3,(H,18,20). The first-order chi connectivity index (χ1) is 11.5. The van der Waals surface area contributed by atoms with E-state index in [1.165, 1.54) is 0 Å². The van der Waals surface area contributed by atoms with Crippen molar-refractivity contribution >= 4 is 16.5 Å². The quantitative estimate of drug-likeness (QED) is 0.737. The highest BCUT2D eigenvalue weighted by Gasteiger charge is 2.16. The fraction of sp³-hybridized carbons (Fsp3) is 0.375. The zero-order valence-corrected chi connectivity index (χ0v) is 15.0. The Balaban J connectivity index is 1.77. The minimum Gasteiger partial charge on any atom is -0.437 e. The zero-order chi connectivity index (χ0) is 17.1. The van der Waals surface area contributed by atoms with Gasteiger partial charge in [0.15, 0.2) is 0 Å². The Hall–Kier alpha value is -2.48. The van der Waals surface area contributed by atoms with E-state index in [9.17, 15) is 0 Å². The highest BCUT2D eigenvalue weighted by atomic mass is 32.1. The fourth-order valence-electron chi connectivity index (χ4n) is 2.23. The molecule has 3 aromatic heterocycles. The van der Waals surface area contributed by atoms with Crippen LogP contribution in [-0.2, 0) is 13.6 Å². The Labute approximate surface area is 144 Å². The van der Waals surface area contributed by atoms with Crippen molar-refractivity contribution in [3.05, 3.63) is 40.8 Å². The van der Waals surface area contributed by atoms with Gasteiger partial charge >= 0.3 is 0 Å². The summed E-state index contributed by atoms with van der Waals surface area (Å²) < 4.78 is 7.69. The van der Waals surface area contributed by atoms with Gasteiger partial charge in [0.25, 0.3) is 0 Å². The van der Waals surface area contributed by atoms with E-state index in [-0.39, 0.29) is 0 Å². The van der Waals surface area contributed by atoms with Crippen LogP contribution in [0.2, 0.25) is 0 Å². The average Bonchev–Trinajstić information content (AvgIpc) is 3.13. The van der Waals surface area contributed by atoms with Crippen molar-refractivity contribution in [2.45, 2.75) is 33.2 Å². The lowest BCUT2D eigenvalue weighted by atomic mass is 10.2. The van der Waals surface area contributed by atoms with Crippen LogP contribution < -0.4 is 10.1 Å². The highest BCUT2D eigenvalue weighted by molar-refractivity contribution is 7.15. The summed E-state index contributed by atoms with van der Waals surface area (Å²) in [5, 5.41) is 18.0. The van der Waals surface area contributed by atoms with Crippen LogP contribution in [0.1, 0.15) is 36.0 Å². The lowest BCUT2D eigenvalue weighted by Gasteiger charge is -2.08. The van der Waals surface area contributed by atoms with E-state index in [0.29, 0.717) is 24.1 Å². The molecule has 1 N–H and O–H groups in total. The molecule has 0 aromatic carbocycles. The summed E-state index contributed by atoms with van der Waals surface area (Å²) in [6, 6.07) is 3.71. The van der Waals surface area contributed by atoms with E-state index in [4.69, 9.17) is 4.74 Å². The molecule has 0 saturated heterocycles. The van der Waals surface area contributed by atoms with E-state index in [0.717, 1.165) is 21.4 Å². The predicted octanol–water partition coefficient (Wildman–Crippen LogP) is 3.50. The first kappa shape index (κ1) is 16.4. The summed E-state index contributed by atoms with van der Waals surface area (Å²) in [4.78, 5) is 4.07. The van der Waals surface area contributed by atoms with Crippen molar-refractivity contribution in [2.75, 3.05) is 5.32 Å². The summed E-state index contributed by atoms with van der Waals surface area (Å²) in [5.41, 5.74) is 1.90. The van der Waals surface area contributed by atoms with E-state index in [2.05, 4.69) is 39.4 Å². The largest absolute Gasteiger partial charge is 0.437 e. The third-order valence-corrected chi connectivity index (χ3v) is 4.67. The molecular weight excluding hydrogens is 324 g/mol. The molecule has 126 valence electrons. The summed E-state index contributed by atoms with van der Waals surface area (Å²) in [7, 11) is 1.87. The molecule has 0 atom stereocenters. The Bertz CT molecular complexity index is 811. The number of anilines is 1. The second kappa shape index (κ2) is 6.96. The summed E-state index contributed by atoms with van der Waals surface area (Å²) in [6.07, 6.45) is 3.39. The number of hydrogen-bond donors (Lipinski definition) is 1. The van der Waals surface area contributed by atoms with Gasteiger partial charge in [0.2, 0.25) is 11.0 Å². The third-order valence-electron chi connectivity index (χ3n) is 3.49. The van der Waals surface area contributed by atoms with Crippen molar-refractivity contribution in [3.63, 3.8) is 0 Å². The molecule has 0 aliphatic heterocycles. The van der Waals surface area contributed by atoms with Crippen molar-refractivity contribution < 1.29 is 4.74 Å². The van der Waals surface area contributed by atoms with Gasteiger partial charge in [0.1, 0.15) is 10.8 Å². The molecule has 3 aromatic rings. The number of hydrogen-bond acceptors (Lipinski definition) is 7. The van der Waals surface area contributed by atoms with Crippen LogP contribution in [0.5, 0.6) is 11.6 Å². The van der Waals surface area contributed by atoms with Gasteiger partial charge in [-0.1, -0.05) is 25.2 Å². The molecule has 0 aliphatic rings. The number of nitrogens with zero attached hydrogens (tertiary/aromatic N) is 5. The molecule has 0 aliphatic carbocycles. The molecule has 0 bridgehead atoms. The van der Waals surface area contributed by atoms with Gasteiger partial charge in [-0.25, -0.2) is 4.68 Å². The monoisotopic (exact) mass is 344 g/mol. The second-order valence-electron chi connectivity index (χ2n) is 5.74. The summed E-state index contributed by atoms with van der Waals surface area (Å²) >= 11 is 1.57. The molecule has 0 fully saturated rings.